The van der Waals surface area contributed by atoms with Crippen LogP contribution < -0.4 is 10.1 Å². The minimum Gasteiger partial charge on any atom is -0.493 e. The van der Waals surface area contributed by atoms with Crippen LogP contribution in [-0.2, 0) is 11.2 Å². The second kappa shape index (κ2) is 10.1. The van der Waals surface area contributed by atoms with Crippen molar-refractivity contribution in [1.82, 2.24) is 5.32 Å². The van der Waals surface area contributed by atoms with Crippen molar-refractivity contribution in [3.8, 4) is 5.75 Å². The van der Waals surface area contributed by atoms with Gasteiger partial charge in [0.15, 0.2) is 0 Å². The van der Waals surface area contributed by atoms with Gasteiger partial charge in [0.2, 0.25) is 0 Å². The molecule has 2 unspecified atom stereocenters. The molecule has 0 radical (unpaired) electrons. The molecular formula is C28H29Cl2NO4. The Morgan fingerprint density at radius 2 is 1.83 bits per heavy atom. The molecule has 4 rings (SSSR count). The lowest BCUT2D eigenvalue weighted by atomic mass is 9.76. The van der Waals surface area contributed by atoms with Crippen molar-refractivity contribution >= 4 is 35.1 Å². The first-order chi connectivity index (χ1) is 16.6. The molecule has 5 nitrogen and oxygen atoms in total. The minimum absolute atomic E-state index is 0.132. The largest absolute Gasteiger partial charge is 0.493 e. The first kappa shape index (κ1) is 25.3. The number of aliphatic carboxylic acids is 1. The van der Waals surface area contributed by atoms with Gasteiger partial charge in [0.25, 0.3) is 5.91 Å². The molecule has 1 fully saturated rings. The summed E-state index contributed by atoms with van der Waals surface area (Å²) in [7, 11) is 0. The number of rotatable bonds is 8. The zero-order valence-electron chi connectivity index (χ0n) is 20.0. The molecule has 2 aliphatic rings. The summed E-state index contributed by atoms with van der Waals surface area (Å²) in [5.74, 6) is -0.951. The van der Waals surface area contributed by atoms with Gasteiger partial charge in [-0.1, -0.05) is 54.9 Å². The Hall–Kier alpha value is -2.76. The SMILES string of the molecule is Cc1cc(OCCc2ccccc2)cc(C)c1C(=O)NC1=CC(C)([C@@H]2C[C@@H]2C(=O)O)C(Cl)C(Cl)=C1. The first-order valence-electron chi connectivity index (χ1n) is 11.7. The van der Waals surface area contributed by atoms with Gasteiger partial charge in [-0.3, -0.25) is 9.59 Å². The van der Waals surface area contributed by atoms with Crippen LogP contribution in [-0.4, -0.2) is 29.0 Å². The Morgan fingerprint density at radius 1 is 1.17 bits per heavy atom. The van der Waals surface area contributed by atoms with Crippen molar-refractivity contribution in [3.05, 3.63) is 87.6 Å². The maximum absolute atomic E-state index is 13.2. The third-order valence-electron chi connectivity index (χ3n) is 6.95. The van der Waals surface area contributed by atoms with Gasteiger partial charge in [-0.05, 0) is 61.1 Å². The van der Waals surface area contributed by atoms with Crippen molar-refractivity contribution in [3.63, 3.8) is 0 Å². The molecule has 4 atom stereocenters. The molecule has 7 heteroatoms. The summed E-state index contributed by atoms with van der Waals surface area (Å²) in [6.07, 6.45) is 4.84. The number of alkyl halides is 1. The zero-order valence-corrected chi connectivity index (χ0v) is 21.5. The maximum Gasteiger partial charge on any atom is 0.306 e. The van der Waals surface area contributed by atoms with E-state index < -0.39 is 22.7 Å². The summed E-state index contributed by atoms with van der Waals surface area (Å²) >= 11 is 13.0. The lowest BCUT2D eigenvalue weighted by molar-refractivity contribution is -0.139. The summed E-state index contributed by atoms with van der Waals surface area (Å²) in [4.78, 5) is 24.7. The van der Waals surface area contributed by atoms with Crippen LogP contribution in [0.25, 0.3) is 0 Å². The van der Waals surface area contributed by atoms with E-state index in [9.17, 15) is 14.7 Å². The molecule has 0 aromatic heterocycles. The van der Waals surface area contributed by atoms with E-state index in [1.54, 1.807) is 6.08 Å². The number of amides is 1. The van der Waals surface area contributed by atoms with E-state index in [0.717, 1.165) is 23.3 Å². The summed E-state index contributed by atoms with van der Waals surface area (Å²) in [6, 6.07) is 13.9. The van der Waals surface area contributed by atoms with E-state index in [2.05, 4.69) is 17.4 Å². The first-order valence-corrected chi connectivity index (χ1v) is 12.5. The Kier molecular flexibility index (Phi) is 7.30. The van der Waals surface area contributed by atoms with Crippen LogP contribution in [0.5, 0.6) is 5.75 Å². The number of carbonyl (C=O) groups is 2. The highest BCUT2D eigenvalue weighted by molar-refractivity contribution is 6.38. The van der Waals surface area contributed by atoms with Gasteiger partial charge >= 0.3 is 5.97 Å². The fourth-order valence-corrected chi connectivity index (χ4v) is 5.62. The lowest BCUT2D eigenvalue weighted by Crippen LogP contribution is -2.36. The van der Waals surface area contributed by atoms with Crippen LogP contribution in [0.1, 0.15) is 40.4 Å². The highest BCUT2D eigenvalue weighted by atomic mass is 35.5. The number of carboxylic acids is 1. The summed E-state index contributed by atoms with van der Waals surface area (Å²) in [5.41, 5.74) is 3.23. The van der Waals surface area contributed by atoms with Gasteiger partial charge in [0, 0.05) is 28.1 Å². The number of nitrogens with one attached hydrogen (secondary N) is 1. The van der Waals surface area contributed by atoms with Crippen LogP contribution in [0.3, 0.4) is 0 Å². The van der Waals surface area contributed by atoms with Gasteiger partial charge in [-0.15, -0.1) is 11.6 Å². The van der Waals surface area contributed by atoms with Crippen molar-refractivity contribution in [2.45, 2.75) is 39.0 Å². The number of halogens is 2. The van der Waals surface area contributed by atoms with Crippen LogP contribution in [0, 0.1) is 31.1 Å². The highest BCUT2D eigenvalue weighted by Crippen LogP contribution is 2.57. The number of carbonyl (C=O) groups excluding carboxylic acids is 1. The maximum atomic E-state index is 13.2. The van der Waals surface area contributed by atoms with Gasteiger partial charge < -0.3 is 15.2 Å². The molecule has 184 valence electrons. The third-order valence-corrected chi connectivity index (χ3v) is 8.09. The minimum atomic E-state index is -0.831. The number of allylic oxidation sites excluding steroid dienone is 3. The highest BCUT2D eigenvalue weighted by Gasteiger charge is 2.57. The molecule has 2 aromatic carbocycles. The summed E-state index contributed by atoms with van der Waals surface area (Å²) < 4.78 is 5.94. The molecule has 1 amide bonds. The van der Waals surface area contributed by atoms with E-state index in [1.807, 2.05) is 57.2 Å². The van der Waals surface area contributed by atoms with Crippen LogP contribution in [0.15, 0.2) is 65.3 Å². The topological polar surface area (TPSA) is 75.6 Å². The van der Waals surface area contributed by atoms with E-state index >= 15 is 0 Å². The normalized spacial score (nSPS) is 25.3. The fourth-order valence-electron chi connectivity index (χ4n) is 4.98. The Balaban J connectivity index is 1.47. The number of benzene rings is 2. The second-order valence-corrected chi connectivity index (χ2v) is 10.5. The summed E-state index contributed by atoms with van der Waals surface area (Å²) in [5, 5.41) is 12.2. The van der Waals surface area contributed by atoms with Crippen LogP contribution in [0.2, 0.25) is 0 Å². The molecule has 0 bridgehead atoms. The monoisotopic (exact) mass is 513 g/mol. The van der Waals surface area contributed by atoms with E-state index in [0.29, 0.717) is 29.3 Å². The number of hydrogen-bond donors (Lipinski definition) is 2. The van der Waals surface area contributed by atoms with E-state index in [4.69, 9.17) is 27.9 Å². The van der Waals surface area contributed by atoms with Crippen molar-refractivity contribution in [1.29, 1.82) is 0 Å². The van der Waals surface area contributed by atoms with Crippen molar-refractivity contribution < 1.29 is 19.4 Å². The van der Waals surface area contributed by atoms with Gasteiger partial charge in [-0.2, -0.15) is 0 Å². The van der Waals surface area contributed by atoms with Crippen molar-refractivity contribution in [2.24, 2.45) is 17.3 Å². The summed E-state index contributed by atoms with van der Waals surface area (Å²) in [6.45, 7) is 6.20. The smallest absolute Gasteiger partial charge is 0.306 e. The number of ether oxygens (including phenoxy) is 1. The predicted octanol–water partition coefficient (Wildman–Crippen LogP) is 6.01. The molecule has 0 spiro atoms. The average Bonchev–Trinajstić information content (AvgIpc) is 3.60. The Labute approximate surface area is 215 Å². The Morgan fingerprint density at radius 3 is 2.43 bits per heavy atom. The van der Waals surface area contributed by atoms with E-state index in [1.165, 1.54) is 5.56 Å². The fraction of sp³-hybridized carbons (Fsp3) is 0.357. The predicted molar refractivity (Wildman–Crippen MR) is 138 cm³/mol. The van der Waals surface area contributed by atoms with Gasteiger partial charge in [0.1, 0.15) is 5.75 Å². The quantitative estimate of drug-likeness (QED) is 0.423. The lowest BCUT2D eigenvalue weighted by Gasteiger charge is -2.35. The van der Waals surface area contributed by atoms with Crippen LogP contribution in [0.4, 0.5) is 0 Å². The Bertz CT molecular complexity index is 1180. The number of hydrogen-bond acceptors (Lipinski definition) is 3. The van der Waals surface area contributed by atoms with Crippen molar-refractivity contribution in [2.75, 3.05) is 6.61 Å². The number of carboxylic acid groups (broad SMARTS) is 1. The molecule has 0 saturated heterocycles. The average molecular weight is 514 g/mol. The third kappa shape index (κ3) is 5.41. The second-order valence-electron chi connectivity index (χ2n) is 9.61. The molecule has 2 aliphatic carbocycles. The zero-order chi connectivity index (χ0) is 25.3. The van der Waals surface area contributed by atoms with Crippen LogP contribution >= 0.6 is 23.2 Å². The molecule has 0 heterocycles. The molecule has 0 aliphatic heterocycles. The van der Waals surface area contributed by atoms with E-state index in [-0.39, 0.29) is 11.8 Å². The standard InChI is InChI=1S/C28H29Cl2NO4/c1-16-11-20(35-10-9-18-7-5-4-6-8-18)12-17(2)24(16)26(32)31-19-13-23(29)25(30)28(3,15-19)22-14-21(22)27(33)34/h4-8,11-13,15,21-22,25H,9-10,14H2,1-3H3,(H,31,32)(H,33,34)/t21-,22+,25?,28?/m0/s1. The molecule has 2 aromatic rings. The molecule has 1 saturated carbocycles. The molecule has 2 N–H and O–H groups in total. The van der Waals surface area contributed by atoms with Gasteiger partial charge in [0.05, 0.1) is 17.9 Å². The number of aryl methyl sites for hydroxylation is 2. The molecule has 35 heavy (non-hydrogen) atoms. The molecular weight excluding hydrogens is 485 g/mol. The van der Waals surface area contributed by atoms with Gasteiger partial charge in [-0.25, -0.2) is 0 Å².